The molecule has 0 aliphatic rings. The molecule has 0 aliphatic carbocycles. The molecule has 178 valence electrons. The van der Waals surface area contributed by atoms with E-state index in [1.165, 1.54) is 46.3 Å². The molecular weight excluding hydrogens is 473 g/mol. The van der Waals surface area contributed by atoms with Gasteiger partial charge >= 0.3 is 0 Å². The summed E-state index contributed by atoms with van der Waals surface area (Å²) in [7, 11) is -1.56. The number of methoxy groups -OCH3 is 2. The van der Waals surface area contributed by atoms with E-state index >= 15 is 0 Å². The molecule has 0 aliphatic heterocycles. The van der Waals surface area contributed by atoms with Crippen molar-refractivity contribution in [2.24, 2.45) is 0 Å². The van der Waals surface area contributed by atoms with Crippen LogP contribution in [0.1, 0.15) is 17.0 Å². The van der Waals surface area contributed by atoms with Crippen LogP contribution in [0.3, 0.4) is 0 Å². The van der Waals surface area contributed by atoms with E-state index in [9.17, 15) is 30.4 Å². The minimum atomic E-state index is -4.22. The van der Waals surface area contributed by atoms with E-state index in [1.807, 2.05) is 0 Å². The van der Waals surface area contributed by atoms with Crippen molar-refractivity contribution in [2.45, 2.75) is 25.3 Å². The Hall–Kier alpha value is -3.35. The predicted octanol–water partition coefficient (Wildman–Crippen LogP) is 4.06. The lowest BCUT2D eigenvalue weighted by Crippen LogP contribution is -2.16. The summed E-state index contributed by atoms with van der Waals surface area (Å²) in [5.41, 5.74) is -0.958. The summed E-state index contributed by atoms with van der Waals surface area (Å²) in [4.78, 5) is -0.225. The molecule has 0 unspecified atom stereocenters. The number of ether oxygens (including phenoxy) is 2. The van der Waals surface area contributed by atoms with Crippen molar-refractivity contribution in [2.75, 3.05) is 18.9 Å². The van der Waals surface area contributed by atoms with Gasteiger partial charge in [-0.25, -0.2) is 30.4 Å². The van der Waals surface area contributed by atoms with E-state index in [-0.39, 0.29) is 27.7 Å². The number of rotatable bonds is 7. The van der Waals surface area contributed by atoms with Crippen molar-refractivity contribution in [1.29, 1.82) is 0 Å². The lowest BCUT2D eigenvalue weighted by atomic mass is 10.1. The second kappa shape index (κ2) is 8.89. The average Bonchev–Trinajstić information content (AvgIpc) is 3.05. The molecule has 0 fully saturated rings. The molecule has 3 aromatic rings. The molecule has 33 heavy (non-hydrogen) atoms. The third-order valence-corrected chi connectivity index (χ3v) is 6.28. The molecule has 0 amide bonds. The van der Waals surface area contributed by atoms with E-state index in [0.717, 1.165) is 4.68 Å². The smallest absolute Gasteiger partial charge is 0.265 e. The standard InChI is InChI=1S/C20H18F5N3O4S/c1-9-20(27-33(29,30)14-6-5-11(31-3)7-13(14)32-4)10(2)28(26-9)8-12-15(21)17(23)19(25)18(24)16(12)22/h5-7,27H,8H2,1-4H3. The Kier molecular flexibility index (Phi) is 6.54. The van der Waals surface area contributed by atoms with Gasteiger partial charge in [0.2, 0.25) is 5.82 Å². The number of hydrogen-bond acceptors (Lipinski definition) is 5. The Morgan fingerprint density at radius 1 is 0.939 bits per heavy atom. The zero-order valence-corrected chi connectivity index (χ0v) is 18.6. The number of anilines is 1. The molecule has 0 atom stereocenters. The molecule has 13 heteroatoms. The van der Waals surface area contributed by atoms with E-state index in [1.54, 1.807) is 0 Å². The van der Waals surface area contributed by atoms with Crippen LogP contribution in [0.2, 0.25) is 0 Å². The van der Waals surface area contributed by atoms with Crippen LogP contribution in [0.4, 0.5) is 27.6 Å². The van der Waals surface area contributed by atoms with Crippen LogP contribution < -0.4 is 14.2 Å². The summed E-state index contributed by atoms with van der Waals surface area (Å²) < 4.78 is 108. The lowest BCUT2D eigenvalue weighted by Gasteiger charge is -2.13. The molecule has 7 nitrogen and oxygen atoms in total. The molecule has 0 saturated carbocycles. The zero-order chi connectivity index (χ0) is 24.7. The molecule has 1 aromatic heterocycles. The molecule has 1 heterocycles. The summed E-state index contributed by atoms with van der Waals surface area (Å²) in [5.74, 6) is -10.1. The molecule has 3 rings (SSSR count). The van der Waals surface area contributed by atoms with E-state index in [2.05, 4.69) is 9.82 Å². The minimum absolute atomic E-state index is 0.00838. The van der Waals surface area contributed by atoms with Gasteiger partial charge in [0.25, 0.3) is 10.0 Å². The fourth-order valence-electron chi connectivity index (χ4n) is 3.12. The van der Waals surface area contributed by atoms with Gasteiger partial charge in [-0.2, -0.15) is 5.10 Å². The minimum Gasteiger partial charge on any atom is -0.497 e. The van der Waals surface area contributed by atoms with Crippen LogP contribution in [0.15, 0.2) is 23.1 Å². The maximum atomic E-state index is 14.1. The lowest BCUT2D eigenvalue weighted by molar-refractivity contribution is 0.366. The largest absolute Gasteiger partial charge is 0.497 e. The Labute approximate surface area is 185 Å². The molecule has 2 aromatic carbocycles. The topological polar surface area (TPSA) is 82.5 Å². The number of halogens is 5. The van der Waals surface area contributed by atoms with Crippen molar-refractivity contribution in [1.82, 2.24) is 9.78 Å². The number of nitrogens with one attached hydrogen (secondary N) is 1. The van der Waals surface area contributed by atoms with Gasteiger partial charge in [0, 0.05) is 6.07 Å². The van der Waals surface area contributed by atoms with Gasteiger partial charge in [-0.05, 0) is 26.0 Å². The highest BCUT2D eigenvalue weighted by molar-refractivity contribution is 7.92. The summed E-state index contributed by atoms with van der Waals surface area (Å²) in [6.45, 7) is 1.95. The van der Waals surface area contributed by atoms with Crippen molar-refractivity contribution in [3.8, 4) is 11.5 Å². The normalized spacial score (nSPS) is 11.5. The quantitative estimate of drug-likeness (QED) is 0.306. The van der Waals surface area contributed by atoms with Crippen molar-refractivity contribution in [3.63, 3.8) is 0 Å². The zero-order valence-electron chi connectivity index (χ0n) is 17.8. The Morgan fingerprint density at radius 2 is 1.52 bits per heavy atom. The van der Waals surface area contributed by atoms with Gasteiger partial charge < -0.3 is 9.47 Å². The summed E-state index contributed by atoms with van der Waals surface area (Å²) in [6.07, 6.45) is 0. The summed E-state index contributed by atoms with van der Waals surface area (Å²) >= 11 is 0. The van der Waals surface area contributed by atoms with Crippen molar-refractivity contribution >= 4 is 15.7 Å². The molecule has 0 radical (unpaired) electrons. The van der Waals surface area contributed by atoms with Crippen LogP contribution in [-0.4, -0.2) is 32.4 Å². The van der Waals surface area contributed by atoms with Gasteiger partial charge in [-0.3, -0.25) is 9.40 Å². The number of benzene rings is 2. The van der Waals surface area contributed by atoms with Crippen LogP contribution in [0.25, 0.3) is 0 Å². The number of hydrogen-bond donors (Lipinski definition) is 1. The van der Waals surface area contributed by atoms with Crippen LogP contribution in [-0.2, 0) is 16.6 Å². The van der Waals surface area contributed by atoms with Crippen LogP contribution >= 0.6 is 0 Å². The SMILES string of the molecule is COc1ccc(S(=O)(=O)Nc2c(C)nn(Cc3c(F)c(F)c(F)c(F)c3F)c2C)c(OC)c1. The first-order valence-corrected chi connectivity index (χ1v) is 10.7. The van der Waals surface area contributed by atoms with Crippen LogP contribution in [0, 0.1) is 42.9 Å². The molecule has 0 spiro atoms. The first-order valence-electron chi connectivity index (χ1n) is 9.22. The second-order valence-corrected chi connectivity index (χ2v) is 8.53. The van der Waals surface area contributed by atoms with Crippen LogP contribution in [0.5, 0.6) is 11.5 Å². The molecule has 1 N–H and O–H groups in total. The second-order valence-electron chi connectivity index (χ2n) is 6.87. The third kappa shape index (κ3) is 4.32. The Bertz CT molecular complexity index is 1310. The molecule has 0 saturated heterocycles. The Morgan fingerprint density at radius 3 is 2.06 bits per heavy atom. The highest BCUT2D eigenvalue weighted by Crippen LogP contribution is 2.32. The van der Waals surface area contributed by atoms with Gasteiger partial charge in [0.05, 0.1) is 43.4 Å². The number of nitrogens with zero attached hydrogens (tertiary/aromatic N) is 2. The maximum absolute atomic E-state index is 14.1. The van der Waals surface area contributed by atoms with Gasteiger partial charge in [0.1, 0.15) is 16.4 Å². The fourth-order valence-corrected chi connectivity index (χ4v) is 4.45. The third-order valence-electron chi connectivity index (χ3n) is 4.89. The monoisotopic (exact) mass is 491 g/mol. The maximum Gasteiger partial charge on any atom is 0.265 e. The fraction of sp³-hybridized carbons (Fsp3) is 0.250. The first-order chi connectivity index (χ1) is 15.4. The first kappa shape index (κ1) is 24.3. The van der Waals surface area contributed by atoms with E-state index in [0.29, 0.717) is 5.75 Å². The highest BCUT2D eigenvalue weighted by atomic mass is 32.2. The number of aromatic nitrogens is 2. The number of aryl methyl sites for hydroxylation is 1. The average molecular weight is 491 g/mol. The molecular formula is C20H18F5N3O4S. The molecule has 0 bridgehead atoms. The Balaban J connectivity index is 2.01. The van der Waals surface area contributed by atoms with Gasteiger partial charge in [-0.15, -0.1) is 0 Å². The van der Waals surface area contributed by atoms with Gasteiger partial charge in [0.15, 0.2) is 23.3 Å². The summed E-state index contributed by atoms with van der Waals surface area (Å²) in [6, 6.07) is 4.02. The van der Waals surface area contributed by atoms with Crippen molar-refractivity contribution in [3.05, 3.63) is 64.2 Å². The predicted molar refractivity (Wildman–Crippen MR) is 107 cm³/mol. The van der Waals surface area contributed by atoms with Gasteiger partial charge in [-0.1, -0.05) is 0 Å². The highest BCUT2D eigenvalue weighted by Gasteiger charge is 2.28. The van der Waals surface area contributed by atoms with E-state index < -0.39 is 51.2 Å². The number of sulfonamides is 1. The van der Waals surface area contributed by atoms with Crippen molar-refractivity contribution < 1.29 is 39.8 Å². The van der Waals surface area contributed by atoms with E-state index in [4.69, 9.17) is 9.47 Å². The summed E-state index contributed by atoms with van der Waals surface area (Å²) in [5, 5.41) is 3.98.